The summed E-state index contributed by atoms with van der Waals surface area (Å²) in [4.78, 5) is 15.2. The van der Waals surface area contributed by atoms with Crippen LogP contribution in [0, 0.1) is 5.92 Å². The second-order valence-electron chi connectivity index (χ2n) is 8.37. The molecule has 172 valence electrons. The van der Waals surface area contributed by atoms with Crippen molar-refractivity contribution in [1.82, 2.24) is 10.2 Å². The van der Waals surface area contributed by atoms with Crippen molar-refractivity contribution in [2.75, 3.05) is 53.1 Å². The molecular formula is C22H31ClN2O6. The summed E-state index contributed by atoms with van der Waals surface area (Å²) < 4.78 is 22.6. The maximum absolute atomic E-state index is 13.0. The number of hydrogen-bond acceptors (Lipinski definition) is 7. The lowest BCUT2D eigenvalue weighted by atomic mass is 9.93. The van der Waals surface area contributed by atoms with E-state index in [9.17, 15) is 9.90 Å². The number of nitrogens with one attached hydrogen (secondary N) is 1. The Morgan fingerprint density at radius 2 is 2.06 bits per heavy atom. The second-order valence-corrected chi connectivity index (χ2v) is 8.78. The van der Waals surface area contributed by atoms with Crippen molar-refractivity contribution in [3.05, 3.63) is 16.7 Å². The van der Waals surface area contributed by atoms with Crippen LogP contribution in [0.5, 0.6) is 17.2 Å². The Kier molecular flexibility index (Phi) is 7.43. The lowest BCUT2D eigenvalue weighted by molar-refractivity contribution is -0.00191. The summed E-state index contributed by atoms with van der Waals surface area (Å²) >= 11 is 6.33. The minimum absolute atomic E-state index is 0.00538. The molecule has 0 aromatic heterocycles. The van der Waals surface area contributed by atoms with Crippen molar-refractivity contribution in [2.45, 2.75) is 37.9 Å². The lowest BCUT2D eigenvalue weighted by Gasteiger charge is -2.37. The zero-order chi connectivity index (χ0) is 21.8. The summed E-state index contributed by atoms with van der Waals surface area (Å²) in [5, 5.41) is 13.9. The number of β-amino-alcohol motifs (C(OH)–C–C–N with tert-alkyl or cyclic N) is 1. The Morgan fingerprint density at radius 1 is 1.26 bits per heavy atom. The van der Waals surface area contributed by atoms with Crippen LogP contribution in [0.4, 0.5) is 0 Å². The maximum Gasteiger partial charge on any atom is 0.255 e. The van der Waals surface area contributed by atoms with Crippen LogP contribution in [-0.2, 0) is 4.74 Å². The van der Waals surface area contributed by atoms with Crippen LogP contribution in [-0.4, -0.2) is 81.2 Å². The quantitative estimate of drug-likeness (QED) is 0.680. The molecule has 1 amide bonds. The van der Waals surface area contributed by atoms with Crippen molar-refractivity contribution in [3.8, 4) is 17.2 Å². The number of carbonyl (C=O) groups excluding carboxylic acids is 1. The molecule has 0 radical (unpaired) electrons. The summed E-state index contributed by atoms with van der Waals surface area (Å²) in [5.74, 6) is 0.766. The van der Waals surface area contributed by atoms with Crippen molar-refractivity contribution < 1.29 is 28.8 Å². The van der Waals surface area contributed by atoms with E-state index in [2.05, 4.69) is 10.2 Å². The van der Waals surface area contributed by atoms with Gasteiger partial charge in [0.15, 0.2) is 11.5 Å². The molecule has 1 aromatic carbocycles. The van der Waals surface area contributed by atoms with Crippen LogP contribution >= 0.6 is 11.6 Å². The van der Waals surface area contributed by atoms with Gasteiger partial charge in [-0.3, -0.25) is 9.69 Å². The molecule has 2 saturated heterocycles. The molecule has 3 heterocycles. The minimum atomic E-state index is -0.494. The molecule has 3 aliphatic heterocycles. The van der Waals surface area contributed by atoms with Gasteiger partial charge in [-0.15, -0.1) is 0 Å². The molecule has 2 N–H and O–H groups in total. The highest BCUT2D eigenvalue weighted by Gasteiger charge is 2.31. The molecule has 1 unspecified atom stereocenters. The van der Waals surface area contributed by atoms with Crippen LogP contribution in [0.15, 0.2) is 6.07 Å². The highest BCUT2D eigenvalue weighted by atomic mass is 35.5. The van der Waals surface area contributed by atoms with E-state index in [0.29, 0.717) is 60.6 Å². The van der Waals surface area contributed by atoms with E-state index in [1.165, 1.54) is 7.11 Å². The molecule has 0 aliphatic carbocycles. The van der Waals surface area contributed by atoms with E-state index >= 15 is 0 Å². The number of benzene rings is 1. The summed E-state index contributed by atoms with van der Waals surface area (Å²) in [6.07, 6.45) is 3.51. The van der Waals surface area contributed by atoms with Gasteiger partial charge in [0.25, 0.3) is 5.91 Å². The van der Waals surface area contributed by atoms with Gasteiger partial charge >= 0.3 is 0 Å². The molecular weight excluding hydrogens is 424 g/mol. The molecule has 3 atom stereocenters. The van der Waals surface area contributed by atoms with E-state index in [4.69, 9.17) is 30.5 Å². The van der Waals surface area contributed by atoms with E-state index < -0.39 is 6.10 Å². The van der Waals surface area contributed by atoms with Crippen molar-refractivity contribution in [2.24, 2.45) is 5.92 Å². The number of ether oxygens (including phenoxy) is 4. The first-order valence-corrected chi connectivity index (χ1v) is 11.4. The molecule has 0 saturated carbocycles. The highest BCUT2D eigenvalue weighted by molar-refractivity contribution is 6.33. The monoisotopic (exact) mass is 454 g/mol. The molecule has 0 spiro atoms. The summed E-state index contributed by atoms with van der Waals surface area (Å²) in [6.45, 7) is 4.47. The number of fused-ring (bicyclic) bond motifs is 1. The first kappa shape index (κ1) is 22.5. The van der Waals surface area contributed by atoms with Gasteiger partial charge in [-0.1, -0.05) is 11.6 Å². The number of piperidine rings is 1. The number of halogens is 1. The Bertz CT molecular complexity index is 786. The second kappa shape index (κ2) is 10.3. The van der Waals surface area contributed by atoms with E-state index in [1.807, 2.05) is 0 Å². The number of rotatable bonds is 6. The van der Waals surface area contributed by atoms with Crippen molar-refractivity contribution in [1.29, 1.82) is 0 Å². The van der Waals surface area contributed by atoms with E-state index in [0.717, 1.165) is 39.0 Å². The predicted octanol–water partition coefficient (Wildman–Crippen LogP) is 2.10. The fraction of sp³-hybridized carbons (Fsp3) is 0.682. The Balaban J connectivity index is 1.37. The largest absolute Gasteiger partial charge is 0.491 e. The summed E-state index contributed by atoms with van der Waals surface area (Å²) in [7, 11) is 1.50. The number of hydrogen-bond donors (Lipinski definition) is 2. The van der Waals surface area contributed by atoms with Crippen LogP contribution in [0.25, 0.3) is 0 Å². The van der Waals surface area contributed by atoms with E-state index in [1.54, 1.807) is 6.07 Å². The Labute approximate surface area is 187 Å². The maximum atomic E-state index is 13.0. The Hall–Kier alpha value is -1.74. The standard InChI is InChI=1S/C22H31ClN2O6/c1-28-20-17(23)10-16(19-21(20)31-9-3-8-30-19)22(27)24-11-14-5-6-25(13-18(14)26)12-15-4-2-7-29-15/h10,14-15,18,26H,2-9,11-13H2,1H3,(H,24,27)/t14-,15?,18+/m0/s1. The molecule has 31 heavy (non-hydrogen) atoms. The third-order valence-electron chi connectivity index (χ3n) is 6.19. The summed E-state index contributed by atoms with van der Waals surface area (Å²) in [5.41, 5.74) is 0.313. The zero-order valence-corrected chi connectivity index (χ0v) is 18.7. The number of methoxy groups -OCH3 is 1. The lowest BCUT2D eigenvalue weighted by Crippen LogP contribution is -2.49. The Morgan fingerprint density at radius 3 is 2.77 bits per heavy atom. The van der Waals surface area contributed by atoms with Gasteiger partial charge in [-0.05, 0) is 31.9 Å². The molecule has 0 bridgehead atoms. The minimum Gasteiger partial charge on any atom is -0.491 e. The zero-order valence-electron chi connectivity index (χ0n) is 17.9. The molecule has 3 aliphatic rings. The molecule has 1 aromatic rings. The SMILES string of the molecule is COc1c(Cl)cc(C(=O)NC[C@@H]2CCN(CC3CCCO3)C[C@H]2O)c2c1OCCCO2. The average molecular weight is 455 g/mol. The number of nitrogens with zero attached hydrogens (tertiary/aromatic N) is 1. The molecule has 2 fully saturated rings. The van der Waals surface area contributed by atoms with Crippen LogP contribution in [0.2, 0.25) is 5.02 Å². The van der Waals surface area contributed by atoms with Gasteiger partial charge in [-0.2, -0.15) is 0 Å². The fourth-order valence-corrected chi connectivity index (χ4v) is 4.75. The van der Waals surface area contributed by atoms with Gasteiger partial charge in [0.2, 0.25) is 5.75 Å². The third kappa shape index (κ3) is 5.19. The van der Waals surface area contributed by atoms with Crippen LogP contribution in [0.3, 0.4) is 0 Å². The normalized spacial score (nSPS) is 26.4. The van der Waals surface area contributed by atoms with Crippen LogP contribution in [0.1, 0.15) is 36.0 Å². The molecule has 9 heteroatoms. The van der Waals surface area contributed by atoms with Gasteiger partial charge in [0, 0.05) is 38.6 Å². The average Bonchev–Trinajstić information content (AvgIpc) is 3.14. The van der Waals surface area contributed by atoms with Gasteiger partial charge < -0.3 is 29.4 Å². The fourth-order valence-electron chi connectivity index (χ4n) is 4.48. The summed E-state index contributed by atoms with van der Waals surface area (Å²) in [6, 6.07) is 1.55. The molecule has 8 nitrogen and oxygen atoms in total. The van der Waals surface area contributed by atoms with E-state index in [-0.39, 0.29) is 17.9 Å². The number of carbonyl (C=O) groups is 1. The third-order valence-corrected chi connectivity index (χ3v) is 6.47. The first-order valence-electron chi connectivity index (χ1n) is 11.0. The highest BCUT2D eigenvalue weighted by Crippen LogP contribution is 2.46. The van der Waals surface area contributed by atoms with Crippen molar-refractivity contribution in [3.63, 3.8) is 0 Å². The van der Waals surface area contributed by atoms with Gasteiger partial charge in [-0.25, -0.2) is 0 Å². The van der Waals surface area contributed by atoms with Crippen LogP contribution < -0.4 is 19.5 Å². The number of aliphatic hydroxyl groups excluding tert-OH is 1. The predicted molar refractivity (Wildman–Crippen MR) is 115 cm³/mol. The number of aliphatic hydroxyl groups is 1. The topological polar surface area (TPSA) is 89.5 Å². The smallest absolute Gasteiger partial charge is 0.255 e. The van der Waals surface area contributed by atoms with Gasteiger partial charge in [0.05, 0.1) is 43.1 Å². The van der Waals surface area contributed by atoms with Gasteiger partial charge in [0.1, 0.15) is 0 Å². The first-order chi connectivity index (χ1) is 15.1. The van der Waals surface area contributed by atoms with Crippen molar-refractivity contribution >= 4 is 17.5 Å². The molecule has 4 rings (SSSR count). The number of likely N-dealkylation sites (tertiary alicyclic amines) is 1. The number of amides is 1.